The number of aliphatic hydroxyl groups is 1. The van der Waals surface area contributed by atoms with Crippen molar-refractivity contribution in [2.24, 2.45) is 0 Å². The van der Waals surface area contributed by atoms with Crippen molar-refractivity contribution >= 4 is 5.82 Å². The second-order valence-electron chi connectivity index (χ2n) is 3.72. The molecule has 0 saturated carbocycles. The van der Waals surface area contributed by atoms with Crippen molar-refractivity contribution in [3.05, 3.63) is 23.4 Å². The molecule has 0 aliphatic carbocycles. The highest BCUT2D eigenvalue weighted by Crippen LogP contribution is 2.21. The lowest BCUT2D eigenvalue weighted by molar-refractivity contribution is 0.172. The van der Waals surface area contributed by atoms with Gasteiger partial charge in [-0.05, 0) is 25.0 Å². The smallest absolute Gasteiger partial charge is 0.128 e. The first-order valence-corrected chi connectivity index (χ1v) is 4.88. The van der Waals surface area contributed by atoms with Crippen LogP contribution in [0.15, 0.2) is 12.3 Å². The molecule has 0 aliphatic heterocycles. The van der Waals surface area contributed by atoms with Crippen LogP contribution in [-0.4, -0.2) is 24.2 Å². The van der Waals surface area contributed by atoms with Crippen molar-refractivity contribution in [1.29, 1.82) is 0 Å². The lowest BCUT2D eigenvalue weighted by Gasteiger charge is -2.15. The Morgan fingerprint density at radius 1 is 1.50 bits per heavy atom. The minimum atomic E-state index is -0.390. The Bertz CT molecular complexity index is 310. The third-order valence-corrected chi connectivity index (χ3v) is 2.34. The van der Waals surface area contributed by atoms with Gasteiger partial charge in [-0.2, -0.15) is 0 Å². The largest absolute Gasteiger partial charge is 0.388 e. The zero-order chi connectivity index (χ0) is 10.7. The summed E-state index contributed by atoms with van der Waals surface area (Å²) >= 11 is 0. The molecule has 1 aromatic heterocycles. The molecule has 0 unspecified atom stereocenters. The first-order chi connectivity index (χ1) is 6.56. The Hall–Kier alpha value is -1.09. The summed E-state index contributed by atoms with van der Waals surface area (Å²) in [6.45, 7) is 3.97. The second-order valence-corrected chi connectivity index (χ2v) is 3.72. The van der Waals surface area contributed by atoms with Crippen molar-refractivity contribution in [3.8, 4) is 0 Å². The zero-order valence-corrected chi connectivity index (χ0v) is 9.28. The van der Waals surface area contributed by atoms with Gasteiger partial charge < -0.3 is 10.0 Å². The van der Waals surface area contributed by atoms with Crippen LogP contribution in [0.1, 0.15) is 30.6 Å². The average molecular weight is 194 g/mol. The molecule has 1 atom stereocenters. The summed E-state index contributed by atoms with van der Waals surface area (Å²) < 4.78 is 0. The molecule has 0 bridgehead atoms. The summed E-state index contributed by atoms with van der Waals surface area (Å²) in [6, 6.07) is 1.99. The number of anilines is 1. The number of aryl methyl sites for hydroxylation is 1. The van der Waals surface area contributed by atoms with E-state index in [1.54, 1.807) is 6.20 Å². The highest BCUT2D eigenvalue weighted by molar-refractivity contribution is 5.42. The van der Waals surface area contributed by atoms with Gasteiger partial charge in [-0.15, -0.1) is 0 Å². The van der Waals surface area contributed by atoms with Crippen LogP contribution in [-0.2, 0) is 0 Å². The highest BCUT2D eigenvalue weighted by atomic mass is 16.3. The Labute approximate surface area is 85.4 Å². The number of hydrogen-bond donors (Lipinski definition) is 1. The Morgan fingerprint density at radius 3 is 2.57 bits per heavy atom. The molecule has 14 heavy (non-hydrogen) atoms. The molecule has 1 aromatic rings. The van der Waals surface area contributed by atoms with Crippen LogP contribution < -0.4 is 4.90 Å². The van der Waals surface area contributed by atoms with Gasteiger partial charge in [0.15, 0.2) is 0 Å². The van der Waals surface area contributed by atoms with Crippen molar-refractivity contribution in [2.75, 3.05) is 19.0 Å². The van der Waals surface area contributed by atoms with Gasteiger partial charge in [0.2, 0.25) is 0 Å². The van der Waals surface area contributed by atoms with Gasteiger partial charge in [0.25, 0.3) is 0 Å². The lowest BCUT2D eigenvalue weighted by atomic mass is 10.0. The van der Waals surface area contributed by atoms with E-state index in [9.17, 15) is 5.11 Å². The Morgan fingerprint density at radius 2 is 2.14 bits per heavy atom. The molecule has 0 spiro atoms. The van der Waals surface area contributed by atoms with E-state index in [1.165, 1.54) is 0 Å². The van der Waals surface area contributed by atoms with Crippen LogP contribution in [0.5, 0.6) is 0 Å². The highest BCUT2D eigenvalue weighted by Gasteiger charge is 2.09. The molecule has 1 rings (SSSR count). The molecule has 0 radical (unpaired) electrons. The molecule has 0 saturated heterocycles. The topological polar surface area (TPSA) is 36.4 Å². The molecule has 0 aliphatic rings. The van der Waals surface area contributed by atoms with Crippen molar-refractivity contribution in [1.82, 2.24) is 4.98 Å². The maximum absolute atomic E-state index is 9.69. The minimum Gasteiger partial charge on any atom is -0.388 e. The van der Waals surface area contributed by atoms with Crippen LogP contribution in [0, 0.1) is 6.92 Å². The second kappa shape index (κ2) is 4.42. The van der Waals surface area contributed by atoms with E-state index in [0.717, 1.165) is 23.4 Å². The van der Waals surface area contributed by atoms with Crippen LogP contribution in [0.3, 0.4) is 0 Å². The van der Waals surface area contributed by atoms with Crippen LogP contribution in [0.4, 0.5) is 5.82 Å². The third kappa shape index (κ3) is 2.23. The molecule has 1 N–H and O–H groups in total. The van der Waals surface area contributed by atoms with Gasteiger partial charge in [-0.25, -0.2) is 4.98 Å². The van der Waals surface area contributed by atoms with Crippen molar-refractivity contribution < 1.29 is 5.11 Å². The van der Waals surface area contributed by atoms with Crippen molar-refractivity contribution in [3.63, 3.8) is 0 Å². The fraction of sp³-hybridized carbons (Fsp3) is 0.545. The van der Waals surface area contributed by atoms with E-state index in [0.29, 0.717) is 0 Å². The number of aliphatic hydroxyl groups excluding tert-OH is 1. The molecule has 0 fully saturated rings. The Balaban J connectivity index is 3.01. The fourth-order valence-corrected chi connectivity index (χ4v) is 1.37. The normalized spacial score (nSPS) is 12.6. The maximum atomic E-state index is 9.69. The molecule has 0 amide bonds. The SMILES string of the molecule is CC[C@@H](O)c1cnc(N(C)C)cc1C. The number of pyridine rings is 1. The number of hydrogen-bond acceptors (Lipinski definition) is 3. The molecular weight excluding hydrogens is 176 g/mol. The van der Waals surface area contributed by atoms with E-state index in [4.69, 9.17) is 0 Å². The summed E-state index contributed by atoms with van der Waals surface area (Å²) in [6.07, 6.45) is 2.10. The van der Waals surface area contributed by atoms with Gasteiger partial charge in [0, 0.05) is 25.9 Å². The standard InChI is InChI=1S/C11H18N2O/c1-5-10(14)9-7-12-11(13(3)4)6-8(9)2/h6-7,10,14H,5H2,1-4H3/t10-/m1/s1. The number of rotatable bonds is 3. The first kappa shape index (κ1) is 11.0. The van der Waals surface area contributed by atoms with Crippen LogP contribution in [0.2, 0.25) is 0 Å². The van der Waals surface area contributed by atoms with Gasteiger partial charge >= 0.3 is 0 Å². The van der Waals surface area contributed by atoms with Gasteiger partial charge in [0.05, 0.1) is 6.10 Å². The third-order valence-electron chi connectivity index (χ3n) is 2.34. The summed E-state index contributed by atoms with van der Waals surface area (Å²) in [5, 5.41) is 9.69. The van der Waals surface area contributed by atoms with E-state index >= 15 is 0 Å². The van der Waals surface area contributed by atoms with Crippen LogP contribution >= 0.6 is 0 Å². The molecular formula is C11H18N2O. The predicted molar refractivity (Wildman–Crippen MR) is 58.6 cm³/mol. The van der Waals surface area contributed by atoms with E-state index in [2.05, 4.69) is 4.98 Å². The van der Waals surface area contributed by atoms with E-state index in [-0.39, 0.29) is 0 Å². The lowest BCUT2D eigenvalue weighted by Crippen LogP contribution is -2.11. The summed E-state index contributed by atoms with van der Waals surface area (Å²) in [4.78, 5) is 6.23. The number of aromatic nitrogens is 1. The van der Waals surface area contributed by atoms with E-state index in [1.807, 2.05) is 38.9 Å². The summed E-state index contributed by atoms with van der Waals surface area (Å²) in [7, 11) is 3.91. The average Bonchev–Trinajstić information content (AvgIpc) is 2.16. The maximum Gasteiger partial charge on any atom is 0.128 e. The van der Waals surface area contributed by atoms with E-state index < -0.39 is 6.10 Å². The zero-order valence-electron chi connectivity index (χ0n) is 9.28. The predicted octanol–water partition coefficient (Wildman–Crippen LogP) is 1.90. The Kier molecular flexibility index (Phi) is 3.47. The molecule has 3 heteroatoms. The van der Waals surface area contributed by atoms with Gasteiger partial charge in [-0.3, -0.25) is 0 Å². The van der Waals surface area contributed by atoms with Gasteiger partial charge in [0.1, 0.15) is 5.82 Å². The molecule has 0 aromatic carbocycles. The van der Waals surface area contributed by atoms with Crippen LogP contribution in [0.25, 0.3) is 0 Å². The van der Waals surface area contributed by atoms with Crippen molar-refractivity contribution in [2.45, 2.75) is 26.4 Å². The molecule has 3 nitrogen and oxygen atoms in total. The summed E-state index contributed by atoms with van der Waals surface area (Å²) in [5.74, 6) is 0.926. The minimum absolute atomic E-state index is 0.390. The monoisotopic (exact) mass is 194 g/mol. The molecule has 1 heterocycles. The first-order valence-electron chi connectivity index (χ1n) is 4.88. The fourth-order valence-electron chi connectivity index (χ4n) is 1.37. The summed E-state index contributed by atoms with van der Waals surface area (Å²) in [5.41, 5.74) is 2.02. The molecule has 78 valence electrons. The van der Waals surface area contributed by atoms with Gasteiger partial charge in [-0.1, -0.05) is 6.92 Å². The number of nitrogens with zero attached hydrogens (tertiary/aromatic N) is 2. The quantitative estimate of drug-likeness (QED) is 0.798.